The van der Waals surface area contributed by atoms with Crippen molar-refractivity contribution < 1.29 is 4.74 Å². The smallest absolute Gasteiger partial charge is 0.322 e. The van der Waals surface area contributed by atoms with Crippen molar-refractivity contribution in [2.45, 2.75) is 13.5 Å². The Morgan fingerprint density at radius 2 is 2.20 bits per heavy atom. The fourth-order valence-electron chi connectivity index (χ4n) is 1.59. The first-order valence-electron chi connectivity index (χ1n) is 6.10. The third-order valence-electron chi connectivity index (χ3n) is 2.48. The Labute approximate surface area is 130 Å². The van der Waals surface area contributed by atoms with Crippen LogP contribution in [0.1, 0.15) is 11.8 Å². The van der Waals surface area contributed by atoms with Gasteiger partial charge in [-0.2, -0.15) is 15.0 Å². The highest BCUT2D eigenvalue weighted by molar-refractivity contribution is 9.10. The van der Waals surface area contributed by atoms with Crippen molar-refractivity contribution in [3.05, 3.63) is 20.8 Å². The van der Waals surface area contributed by atoms with E-state index in [0.717, 1.165) is 17.6 Å². The summed E-state index contributed by atoms with van der Waals surface area (Å²) >= 11 is 5.14. The van der Waals surface area contributed by atoms with Crippen LogP contribution in [0.25, 0.3) is 0 Å². The molecule has 0 bridgehead atoms. The van der Waals surface area contributed by atoms with E-state index in [1.807, 2.05) is 18.9 Å². The van der Waals surface area contributed by atoms with E-state index in [-0.39, 0.29) is 0 Å². The van der Waals surface area contributed by atoms with Crippen molar-refractivity contribution in [2.24, 2.45) is 0 Å². The van der Waals surface area contributed by atoms with Gasteiger partial charge in [-0.3, -0.25) is 0 Å². The molecule has 1 N–H and O–H groups in total. The third kappa shape index (κ3) is 3.80. The van der Waals surface area contributed by atoms with Gasteiger partial charge < -0.3 is 15.0 Å². The molecule has 0 amide bonds. The lowest BCUT2D eigenvalue weighted by Crippen LogP contribution is -2.20. The Morgan fingerprint density at radius 3 is 2.80 bits per heavy atom. The average Bonchev–Trinajstić information content (AvgIpc) is 2.84. The van der Waals surface area contributed by atoms with Crippen LogP contribution < -0.4 is 15.0 Å². The second-order valence-corrected chi connectivity index (χ2v) is 5.97. The van der Waals surface area contributed by atoms with Crippen LogP contribution >= 0.6 is 27.3 Å². The van der Waals surface area contributed by atoms with E-state index < -0.39 is 0 Å². The molecule has 0 spiro atoms. The number of nitrogens with zero attached hydrogens (tertiary/aromatic N) is 4. The Balaban J connectivity index is 2.19. The monoisotopic (exact) mass is 357 g/mol. The zero-order valence-electron chi connectivity index (χ0n) is 11.6. The molecule has 2 aromatic heterocycles. The summed E-state index contributed by atoms with van der Waals surface area (Å²) in [5.41, 5.74) is 0. The predicted molar refractivity (Wildman–Crippen MR) is 84.7 cm³/mol. The molecular formula is C12H16BrN5OS. The number of hydrogen-bond donors (Lipinski definition) is 1. The molecule has 0 saturated carbocycles. The van der Waals surface area contributed by atoms with Gasteiger partial charge in [0, 0.05) is 28.3 Å². The number of nitrogens with one attached hydrogen (secondary N) is 1. The fourth-order valence-corrected chi connectivity index (χ4v) is 3.09. The van der Waals surface area contributed by atoms with E-state index in [4.69, 9.17) is 4.74 Å². The molecule has 108 valence electrons. The van der Waals surface area contributed by atoms with E-state index in [2.05, 4.69) is 47.6 Å². The molecule has 6 nitrogen and oxygen atoms in total. The van der Waals surface area contributed by atoms with Crippen LogP contribution in [-0.4, -0.2) is 35.7 Å². The maximum atomic E-state index is 5.11. The number of halogens is 1. The van der Waals surface area contributed by atoms with Crippen molar-refractivity contribution in [1.82, 2.24) is 15.0 Å². The highest BCUT2D eigenvalue weighted by atomic mass is 79.9. The molecule has 0 saturated heterocycles. The summed E-state index contributed by atoms with van der Waals surface area (Å²) in [5.74, 6) is 1.10. The Kier molecular flexibility index (Phi) is 5.13. The molecule has 8 heteroatoms. The fraction of sp³-hybridized carbons (Fsp3) is 0.417. The molecule has 2 heterocycles. The van der Waals surface area contributed by atoms with Crippen LogP contribution in [-0.2, 0) is 6.54 Å². The first-order chi connectivity index (χ1) is 9.62. The first kappa shape index (κ1) is 15.0. The standard InChI is InChI=1S/C12H16BrN5OS/c1-4-14-10-15-11(17-12(16-10)19-3)18(2)6-9-5-8(13)7-20-9/h5,7H,4,6H2,1-3H3,(H,14,15,16,17). The van der Waals surface area contributed by atoms with Crippen LogP contribution in [0.5, 0.6) is 6.01 Å². The third-order valence-corrected chi connectivity index (χ3v) is 4.16. The molecule has 0 aliphatic rings. The summed E-state index contributed by atoms with van der Waals surface area (Å²) in [5, 5.41) is 5.13. The molecule has 2 aromatic rings. The van der Waals surface area contributed by atoms with Gasteiger partial charge in [0.1, 0.15) is 0 Å². The molecule has 0 radical (unpaired) electrons. The second kappa shape index (κ2) is 6.85. The zero-order valence-corrected chi connectivity index (χ0v) is 14.0. The van der Waals surface area contributed by atoms with E-state index in [1.54, 1.807) is 18.4 Å². The second-order valence-electron chi connectivity index (χ2n) is 4.06. The lowest BCUT2D eigenvalue weighted by molar-refractivity contribution is 0.379. The minimum Gasteiger partial charge on any atom is -0.467 e. The predicted octanol–water partition coefficient (Wildman–Crippen LogP) is 2.77. The van der Waals surface area contributed by atoms with Gasteiger partial charge in [0.2, 0.25) is 11.9 Å². The highest BCUT2D eigenvalue weighted by Gasteiger charge is 2.11. The van der Waals surface area contributed by atoms with Gasteiger partial charge in [-0.15, -0.1) is 11.3 Å². The van der Waals surface area contributed by atoms with E-state index in [1.165, 1.54) is 4.88 Å². The number of thiophene rings is 1. The van der Waals surface area contributed by atoms with E-state index >= 15 is 0 Å². The summed E-state index contributed by atoms with van der Waals surface area (Å²) in [6, 6.07) is 2.40. The van der Waals surface area contributed by atoms with Gasteiger partial charge in [0.05, 0.1) is 13.7 Å². The molecule has 0 unspecified atom stereocenters. The topological polar surface area (TPSA) is 63.2 Å². The largest absolute Gasteiger partial charge is 0.467 e. The number of anilines is 2. The van der Waals surface area contributed by atoms with Gasteiger partial charge in [-0.05, 0) is 28.9 Å². The Morgan fingerprint density at radius 1 is 1.40 bits per heavy atom. The maximum Gasteiger partial charge on any atom is 0.322 e. The number of methoxy groups -OCH3 is 1. The summed E-state index contributed by atoms with van der Waals surface area (Å²) in [6.45, 7) is 3.46. The minimum atomic E-state index is 0.310. The molecule has 2 rings (SSSR count). The molecule has 0 aliphatic heterocycles. The first-order valence-corrected chi connectivity index (χ1v) is 7.77. The summed E-state index contributed by atoms with van der Waals surface area (Å²) < 4.78 is 6.20. The van der Waals surface area contributed by atoms with E-state index in [0.29, 0.717) is 17.9 Å². The summed E-state index contributed by atoms with van der Waals surface area (Å²) in [4.78, 5) is 16.0. The quantitative estimate of drug-likeness (QED) is 0.857. The lowest BCUT2D eigenvalue weighted by atomic mass is 10.4. The van der Waals surface area contributed by atoms with Gasteiger partial charge in [-0.25, -0.2) is 0 Å². The zero-order chi connectivity index (χ0) is 14.5. The number of ether oxygens (including phenoxy) is 1. The number of aromatic nitrogens is 3. The lowest BCUT2D eigenvalue weighted by Gasteiger charge is -2.17. The molecule has 0 aromatic carbocycles. The number of rotatable bonds is 6. The van der Waals surface area contributed by atoms with Crippen molar-refractivity contribution in [1.29, 1.82) is 0 Å². The van der Waals surface area contributed by atoms with Gasteiger partial charge in [0.25, 0.3) is 0 Å². The summed E-state index contributed by atoms with van der Waals surface area (Å²) in [6.07, 6.45) is 0. The molecule has 0 atom stereocenters. The highest BCUT2D eigenvalue weighted by Crippen LogP contribution is 2.22. The normalized spacial score (nSPS) is 10.4. The van der Waals surface area contributed by atoms with Gasteiger partial charge >= 0.3 is 6.01 Å². The Hall–Kier alpha value is -1.41. The van der Waals surface area contributed by atoms with Crippen molar-refractivity contribution in [3.63, 3.8) is 0 Å². The van der Waals surface area contributed by atoms with Crippen molar-refractivity contribution in [2.75, 3.05) is 30.9 Å². The van der Waals surface area contributed by atoms with Crippen LogP contribution in [0.2, 0.25) is 0 Å². The Bertz CT molecular complexity index is 577. The van der Waals surface area contributed by atoms with Crippen molar-refractivity contribution >= 4 is 39.2 Å². The summed E-state index contributed by atoms with van der Waals surface area (Å²) in [7, 11) is 3.49. The van der Waals surface area contributed by atoms with Crippen LogP contribution in [0, 0.1) is 0 Å². The average molecular weight is 358 g/mol. The SMILES string of the molecule is CCNc1nc(OC)nc(N(C)Cc2cc(Br)cs2)n1. The van der Waals surface area contributed by atoms with Crippen LogP contribution in [0.3, 0.4) is 0 Å². The van der Waals surface area contributed by atoms with Gasteiger partial charge in [0.15, 0.2) is 0 Å². The van der Waals surface area contributed by atoms with Gasteiger partial charge in [-0.1, -0.05) is 0 Å². The minimum absolute atomic E-state index is 0.310. The molecule has 0 aliphatic carbocycles. The van der Waals surface area contributed by atoms with Crippen molar-refractivity contribution in [3.8, 4) is 6.01 Å². The van der Waals surface area contributed by atoms with Crippen LogP contribution in [0.15, 0.2) is 15.9 Å². The van der Waals surface area contributed by atoms with E-state index in [9.17, 15) is 0 Å². The molecule has 0 fully saturated rings. The van der Waals surface area contributed by atoms with Crippen LogP contribution in [0.4, 0.5) is 11.9 Å². The maximum absolute atomic E-state index is 5.11. The molecular weight excluding hydrogens is 342 g/mol. The number of hydrogen-bond acceptors (Lipinski definition) is 7. The molecule has 20 heavy (non-hydrogen) atoms.